The van der Waals surface area contributed by atoms with E-state index in [0.717, 1.165) is 4.90 Å². The number of hydrogen-bond donors (Lipinski definition) is 0. The third-order valence-electron chi connectivity index (χ3n) is 4.60. The average molecular weight is 399 g/mol. The normalized spacial score (nSPS) is 16.2. The highest BCUT2D eigenvalue weighted by atomic mass is 16.5. The van der Waals surface area contributed by atoms with Gasteiger partial charge in [0.1, 0.15) is 17.6 Å². The van der Waals surface area contributed by atoms with Crippen molar-refractivity contribution in [1.29, 1.82) is 0 Å². The molecule has 29 heavy (non-hydrogen) atoms. The second-order valence-electron chi connectivity index (χ2n) is 6.46. The van der Waals surface area contributed by atoms with Crippen molar-refractivity contribution in [2.75, 3.05) is 12.0 Å². The van der Waals surface area contributed by atoms with Gasteiger partial charge in [-0.15, -0.1) is 0 Å². The second kappa shape index (κ2) is 8.59. The van der Waals surface area contributed by atoms with Crippen molar-refractivity contribution in [2.24, 2.45) is 0 Å². The van der Waals surface area contributed by atoms with Crippen molar-refractivity contribution in [3.63, 3.8) is 0 Å². The van der Waals surface area contributed by atoms with Crippen molar-refractivity contribution in [3.05, 3.63) is 48.4 Å². The highest BCUT2D eigenvalue weighted by Crippen LogP contribution is 2.28. The fourth-order valence-corrected chi connectivity index (χ4v) is 3.16. The van der Waals surface area contributed by atoms with Crippen molar-refractivity contribution in [2.45, 2.75) is 31.8 Å². The predicted octanol–water partition coefficient (Wildman–Crippen LogP) is 0.479. The Balaban J connectivity index is 1.84. The molecule has 1 fully saturated rings. The molecule has 152 valence electrons. The van der Waals surface area contributed by atoms with Crippen LogP contribution in [0, 0.1) is 0 Å². The van der Waals surface area contributed by atoms with Crippen LogP contribution in [0.1, 0.15) is 25.0 Å². The number of hydrogen-bond acceptors (Lipinski definition) is 7. The number of nitrogens with zero attached hydrogens (tertiary/aromatic N) is 2. The minimum absolute atomic E-state index is 0.0565. The minimum Gasteiger partial charge on any atom is -0.550 e. The number of imide groups is 1. The van der Waals surface area contributed by atoms with Gasteiger partial charge in [0.15, 0.2) is 0 Å². The topological polar surface area (TPSA) is 120 Å². The summed E-state index contributed by atoms with van der Waals surface area (Å²) >= 11 is 0. The van der Waals surface area contributed by atoms with Crippen molar-refractivity contribution < 1.29 is 33.4 Å². The first-order valence-electron chi connectivity index (χ1n) is 8.93. The number of furan rings is 1. The van der Waals surface area contributed by atoms with Gasteiger partial charge in [0.05, 0.1) is 32.0 Å². The third kappa shape index (κ3) is 4.45. The number of aliphatic carboxylic acids is 1. The molecule has 3 amide bonds. The molecular weight excluding hydrogens is 380 g/mol. The molecule has 9 heteroatoms. The maximum Gasteiger partial charge on any atom is 0.257 e. The lowest BCUT2D eigenvalue weighted by Gasteiger charge is -2.27. The molecule has 2 heterocycles. The summed E-state index contributed by atoms with van der Waals surface area (Å²) in [6.45, 7) is -0.0565. The van der Waals surface area contributed by atoms with E-state index in [1.54, 1.807) is 36.4 Å². The van der Waals surface area contributed by atoms with E-state index >= 15 is 0 Å². The molecule has 0 spiro atoms. The molecule has 1 aliphatic rings. The Hall–Kier alpha value is -3.62. The SMILES string of the molecule is COc1ccc(N2C(=O)C[C@@H](N(Cc3ccco3)C(=O)CCC(=O)[O-])C2=O)cc1. The second-order valence-corrected chi connectivity index (χ2v) is 6.46. The van der Waals surface area contributed by atoms with E-state index in [2.05, 4.69) is 0 Å². The summed E-state index contributed by atoms with van der Waals surface area (Å²) in [6, 6.07) is 8.59. The van der Waals surface area contributed by atoms with Gasteiger partial charge in [-0.1, -0.05) is 0 Å². The quantitative estimate of drug-likeness (QED) is 0.592. The zero-order chi connectivity index (χ0) is 21.0. The Morgan fingerprint density at radius 1 is 1.21 bits per heavy atom. The number of ether oxygens (including phenoxy) is 1. The lowest BCUT2D eigenvalue weighted by molar-refractivity contribution is -0.305. The van der Waals surface area contributed by atoms with Gasteiger partial charge in [0, 0.05) is 12.4 Å². The summed E-state index contributed by atoms with van der Waals surface area (Å²) in [5.41, 5.74) is 0.364. The van der Waals surface area contributed by atoms with Crippen LogP contribution >= 0.6 is 0 Å². The van der Waals surface area contributed by atoms with Crippen LogP contribution in [-0.4, -0.2) is 41.7 Å². The van der Waals surface area contributed by atoms with Crippen LogP contribution in [0.2, 0.25) is 0 Å². The maximum absolute atomic E-state index is 13.0. The monoisotopic (exact) mass is 399 g/mol. The van der Waals surface area contributed by atoms with Gasteiger partial charge in [-0.3, -0.25) is 14.4 Å². The lowest BCUT2D eigenvalue weighted by Crippen LogP contribution is -2.45. The summed E-state index contributed by atoms with van der Waals surface area (Å²) in [5.74, 6) is -1.98. The Labute approximate surface area is 166 Å². The van der Waals surface area contributed by atoms with Gasteiger partial charge in [-0.2, -0.15) is 0 Å². The molecule has 1 aromatic carbocycles. The van der Waals surface area contributed by atoms with Crippen molar-refractivity contribution in [3.8, 4) is 5.75 Å². The fraction of sp³-hybridized carbons (Fsp3) is 0.300. The number of rotatable bonds is 8. The first-order valence-corrected chi connectivity index (χ1v) is 8.93. The number of methoxy groups -OCH3 is 1. The summed E-state index contributed by atoms with van der Waals surface area (Å²) in [4.78, 5) is 51.1. The number of carbonyl (C=O) groups excluding carboxylic acids is 4. The molecule has 0 saturated carbocycles. The van der Waals surface area contributed by atoms with E-state index in [0.29, 0.717) is 17.2 Å². The lowest BCUT2D eigenvalue weighted by atomic mass is 10.1. The molecule has 0 bridgehead atoms. The fourth-order valence-electron chi connectivity index (χ4n) is 3.16. The van der Waals surface area contributed by atoms with Crippen molar-refractivity contribution >= 4 is 29.4 Å². The molecule has 0 aliphatic carbocycles. The Morgan fingerprint density at radius 2 is 1.93 bits per heavy atom. The molecule has 1 aliphatic heterocycles. The number of carbonyl (C=O) groups is 4. The maximum atomic E-state index is 13.0. The van der Waals surface area contributed by atoms with Crippen LogP contribution in [0.15, 0.2) is 47.1 Å². The standard InChI is InChI=1S/C20H20N2O7/c1-28-14-6-4-13(5-7-14)22-18(24)11-16(20(22)27)21(12-15-3-2-10-29-15)17(23)8-9-19(25)26/h2-7,10,16H,8-9,11-12H2,1H3,(H,25,26)/p-1/t16-/m1/s1. The number of carboxylic acid groups (broad SMARTS) is 1. The summed E-state index contributed by atoms with van der Waals surface area (Å²) in [5, 5.41) is 10.7. The van der Waals surface area contributed by atoms with Gasteiger partial charge in [0.25, 0.3) is 5.91 Å². The average Bonchev–Trinajstić information content (AvgIpc) is 3.32. The predicted molar refractivity (Wildman–Crippen MR) is 97.4 cm³/mol. The van der Waals surface area contributed by atoms with E-state index in [-0.39, 0.29) is 19.4 Å². The molecule has 9 nitrogen and oxygen atoms in total. The number of amides is 3. The first-order chi connectivity index (χ1) is 13.9. The minimum atomic E-state index is -1.37. The molecule has 1 saturated heterocycles. The van der Waals surface area contributed by atoms with Gasteiger partial charge in [-0.05, 0) is 42.8 Å². The number of benzene rings is 1. The Morgan fingerprint density at radius 3 is 2.52 bits per heavy atom. The number of anilines is 1. The van der Waals surface area contributed by atoms with Crippen LogP contribution in [-0.2, 0) is 25.7 Å². The summed E-state index contributed by atoms with van der Waals surface area (Å²) < 4.78 is 10.3. The van der Waals surface area contributed by atoms with Crippen LogP contribution in [0.3, 0.4) is 0 Å². The molecule has 2 aromatic rings. The zero-order valence-electron chi connectivity index (χ0n) is 15.7. The largest absolute Gasteiger partial charge is 0.550 e. The molecule has 0 radical (unpaired) electrons. The Kier molecular flexibility index (Phi) is 5.96. The third-order valence-corrected chi connectivity index (χ3v) is 4.60. The van der Waals surface area contributed by atoms with Gasteiger partial charge in [-0.25, -0.2) is 4.90 Å². The Bertz CT molecular complexity index is 905. The molecule has 0 N–H and O–H groups in total. The van der Waals surface area contributed by atoms with Crippen LogP contribution in [0.4, 0.5) is 5.69 Å². The van der Waals surface area contributed by atoms with Crippen LogP contribution in [0.5, 0.6) is 5.75 Å². The molecule has 3 rings (SSSR count). The van der Waals surface area contributed by atoms with E-state index < -0.39 is 36.2 Å². The molecule has 1 aromatic heterocycles. The van der Waals surface area contributed by atoms with Crippen molar-refractivity contribution in [1.82, 2.24) is 4.90 Å². The van der Waals surface area contributed by atoms with Crippen LogP contribution < -0.4 is 14.7 Å². The summed E-state index contributed by atoms with van der Waals surface area (Å²) in [7, 11) is 1.50. The smallest absolute Gasteiger partial charge is 0.257 e. The highest BCUT2D eigenvalue weighted by molar-refractivity contribution is 6.23. The van der Waals surface area contributed by atoms with Gasteiger partial charge >= 0.3 is 0 Å². The molecular formula is C20H19N2O7-. The van der Waals surface area contributed by atoms with Gasteiger partial charge in [0.2, 0.25) is 11.8 Å². The van der Waals surface area contributed by atoms with E-state index in [1.807, 2.05) is 0 Å². The highest BCUT2D eigenvalue weighted by Gasteiger charge is 2.44. The zero-order valence-corrected chi connectivity index (χ0v) is 15.7. The van der Waals surface area contributed by atoms with E-state index in [4.69, 9.17) is 9.15 Å². The first kappa shape index (κ1) is 20.1. The summed E-state index contributed by atoms with van der Waals surface area (Å²) in [6.07, 6.45) is 0.390. The van der Waals surface area contributed by atoms with Gasteiger partial charge < -0.3 is 24.0 Å². The van der Waals surface area contributed by atoms with E-state index in [1.165, 1.54) is 18.3 Å². The van der Waals surface area contributed by atoms with E-state index in [9.17, 15) is 24.3 Å². The number of carboxylic acids is 1. The molecule has 1 atom stereocenters. The van der Waals surface area contributed by atoms with Crippen LogP contribution in [0.25, 0.3) is 0 Å². The molecule has 0 unspecified atom stereocenters.